The van der Waals surface area contributed by atoms with Gasteiger partial charge in [-0.1, -0.05) is 286 Å². The Kier molecular flexibility index (Phi) is 19.9. The van der Waals surface area contributed by atoms with Gasteiger partial charge in [-0.2, -0.15) is 0 Å². The molecule has 340 valence electrons. The van der Waals surface area contributed by atoms with Crippen molar-refractivity contribution in [3.63, 3.8) is 0 Å². The van der Waals surface area contributed by atoms with E-state index < -0.39 is 0 Å². The second-order valence-electron chi connectivity index (χ2n) is 16.9. The number of hydrogen-bond donors (Lipinski definition) is 0. The molecule has 2 aliphatic carbocycles. The Hall–Kier alpha value is -7.80. The molecule has 0 heterocycles. The monoisotopic (exact) mass is 885 g/mol. The fraction of sp³-hybridized carbons (Fsp3) is 0.118. The van der Waals surface area contributed by atoms with Crippen molar-refractivity contribution in [2.45, 2.75) is 53.9 Å². The van der Waals surface area contributed by atoms with E-state index in [1.807, 2.05) is 71.9 Å². The topological polar surface area (TPSA) is 0 Å². The molecule has 0 amide bonds. The van der Waals surface area contributed by atoms with Crippen molar-refractivity contribution in [1.29, 1.82) is 0 Å². The van der Waals surface area contributed by atoms with Crippen molar-refractivity contribution in [2.24, 2.45) is 0 Å². The molecule has 0 spiro atoms. The summed E-state index contributed by atoms with van der Waals surface area (Å²) in [6.07, 6.45) is 21.3. The quantitative estimate of drug-likeness (QED) is 0.146. The van der Waals surface area contributed by atoms with Crippen LogP contribution in [-0.2, 0) is 5.41 Å². The third kappa shape index (κ3) is 13.9. The molecule has 1 unspecified atom stereocenters. The van der Waals surface area contributed by atoms with E-state index in [0.717, 1.165) is 11.1 Å². The SMILES string of the molecule is C=C(C)C.C=C(C)c1cccc(-c2ccc(-c3ccccc3)cc2)c1.C=C(C)c1ccccc1.CC.CC1(c2ccccc2-c2ccccc2)C2=C/C=C\C=C/C=C\C=C\C=C\2c2ccccc21. The molecular weight excluding hydrogens is 817 g/mol. The molecule has 0 fully saturated rings. The van der Waals surface area contributed by atoms with Crippen molar-refractivity contribution >= 4 is 16.7 Å². The summed E-state index contributed by atoms with van der Waals surface area (Å²) in [6.45, 7) is 25.8. The Labute approximate surface area is 409 Å². The largest absolute Gasteiger partial charge is 0.100 e. The average molecular weight is 885 g/mol. The lowest BCUT2D eigenvalue weighted by Gasteiger charge is -2.31. The maximum atomic E-state index is 4.01. The molecule has 0 aromatic heterocycles. The maximum absolute atomic E-state index is 4.01. The number of allylic oxidation sites excluding steroid dienone is 15. The fourth-order valence-electron chi connectivity index (χ4n) is 8.09. The summed E-state index contributed by atoms with van der Waals surface area (Å²) in [5.41, 5.74) is 19.6. The summed E-state index contributed by atoms with van der Waals surface area (Å²) in [7, 11) is 0. The minimum atomic E-state index is -0.267. The summed E-state index contributed by atoms with van der Waals surface area (Å²) in [6, 6.07) is 66.3. The van der Waals surface area contributed by atoms with Crippen molar-refractivity contribution in [2.75, 3.05) is 0 Å². The van der Waals surface area contributed by atoms with Crippen molar-refractivity contribution in [1.82, 2.24) is 0 Å². The highest BCUT2D eigenvalue weighted by Crippen LogP contribution is 2.55. The van der Waals surface area contributed by atoms with E-state index in [1.165, 1.54) is 77.9 Å². The second-order valence-corrected chi connectivity index (χ2v) is 16.9. The van der Waals surface area contributed by atoms with E-state index in [-0.39, 0.29) is 5.41 Å². The number of fused-ring (bicyclic) bond motifs is 3. The van der Waals surface area contributed by atoms with Crippen LogP contribution in [0.3, 0.4) is 0 Å². The van der Waals surface area contributed by atoms with Crippen LogP contribution in [0, 0.1) is 0 Å². The van der Waals surface area contributed by atoms with Gasteiger partial charge in [0.25, 0.3) is 0 Å². The Morgan fingerprint density at radius 1 is 0.353 bits per heavy atom. The normalized spacial score (nSPS) is 17.4. The Morgan fingerprint density at radius 3 is 1.24 bits per heavy atom. The van der Waals surface area contributed by atoms with Crippen LogP contribution in [0.1, 0.15) is 76.3 Å². The molecule has 0 bridgehead atoms. The second kappa shape index (κ2) is 26.4. The van der Waals surface area contributed by atoms with Crippen LogP contribution >= 0.6 is 0 Å². The molecule has 0 radical (unpaired) electrons. The third-order valence-corrected chi connectivity index (χ3v) is 11.4. The lowest BCUT2D eigenvalue weighted by Crippen LogP contribution is -2.23. The zero-order chi connectivity index (χ0) is 48.7. The van der Waals surface area contributed by atoms with Crippen LogP contribution in [0.4, 0.5) is 0 Å². The van der Waals surface area contributed by atoms with Gasteiger partial charge in [0.15, 0.2) is 0 Å². The smallest absolute Gasteiger partial charge is 0.0441 e. The van der Waals surface area contributed by atoms with Crippen LogP contribution in [0.15, 0.2) is 280 Å². The first-order chi connectivity index (χ1) is 33.1. The maximum Gasteiger partial charge on any atom is 0.0441 e. The van der Waals surface area contributed by atoms with Crippen molar-refractivity contribution < 1.29 is 0 Å². The van der Waals surface area contributed by atoms with E-state index >= 15 is 0 Å². The number of rotatable bonds is 6. The van der Waals surface area contributed by atoms with Gasteiger partial charge >= 0.3 is 0 Å². The molecule has 0 N–H and O–H groups in total. The first kappa shape index (κ1) is 51.2. The summed E-state index contributed by atoms with van der Waals surface area (Å²) < 4.78 is 0. The summed E-state index contributed by atoms with van der Waals surface area (Å²) in [5.74, 6) is 0. The van der Waals surface area contributed by atoms with Crippen molar-refractivity contribution in [3.05, 3.63) is 308 Å². The Morgan fingerprint density at radius 2 is 0.721 bits per heavy atom. The van der Waals surface area contributed by atoms with Gasteiger partial charge in [-0.05, 0) is 113 Å². The van der Waals surface area contributed by atoms with Crippen LogP contribution < -0.4 is 0 Å². The van der Waals surface area contributed by atoms with Gasteiger partial charge in [-0.25, -0.2) is 0 Å². The molecule has 0 aliphatic heterocycles. The molecular formula is C68H68. The zero-order valence-corrected chi connectivity index (χ0v) is 41.3. The highest BCUT2D eigenvalue weighted by molar-refractivity contribution is 5.94. The number of hydrogen-bond acceptors (Lipinski definition) is 0. The first-order valence-electron chi connectivity index (χ1n) is 23.7. The highest BCUT2D eigenvalue weighted by atomic mass is 14.5. The summed E-state index contributed by atoms with van der Waals surface area (Å²) in [5, 5.41) is 0. The minimum Gasteiger partial charge on any atom is -0.100 e. The van der Waals surface area contributed by atoms with Gasteiger partial charge in [-0.15, -0.1) is 6.58 Å². The highest BCUT2D eigenvalue weighted by Gasteiger charge is 2.43. The van der Waals surface area contributed by atoms with Gasteiger partial charge in [-0.3, -0.25) is 0 Å². The van der Waals surface area contributed by atoms with E-state index in [2.05, 4.69) is 245 Å². The number of benzene rings is 7. The van der Waals surface area contributed by atoms with Gasteiger partial charge in [0.1, 0.15) is 0 Å². The van der Waals surface area contributed by atoms with Crippen LogP contribution in [0.25, 0.3) is 50.1 Å². The molecule has 0 saturated heterocycles. The van der Waals surface area contributed by atoms with E-state index in [1.54, 1.807) is 0 Å². The van der Waals surface area contributed by atoms with Gasteiger partial charge in [0, 0.05) is 5.41 Å². The molecule has 68 heavy (non-hydrogen) atoms. The molecule has 2 aliphatic rings. The van der Waals surface area contributed by atoms with Gasteiger partial charge in [0.05, 0.1) is 0 Å². The molecule has 7 aromatic carbocycles. The first-order valence-corrected chi connectivity index (χ1v) is 23.7. The molecule has 1 atom stereocenters. The lowest BCUT2D eigenvalue weighted by atomic mass is 9.71. The lowest BCUT2D eigenvalue weighted by molar-refractivity contribution is 0.716. The van der Waals surface area contributed by atoms with E-state index in [4.69, 9.17) is 0 Å². The molecule has 7 aromatic rings. The molecule has 0 saturated carbocycles. The van der Waals surface area contributed by atoms with Crippen LogP contribution in [-0.4, -0.2) is 0 Å². The van der Waals surface area contributed by atoms with E-state index in [9.17, 15) is 0 Å². The third-order valence-electron chi connectivity index (χ3n) is 11.4. The predicted molar refractivity (Wildman–Crippen MR) is 302 cm³/mol. The Bertz CT molecular complexity index is 2910. The summed E-state index contributed by atoms with van der Waals surface area (Å²) in [4.78, 5) is 0. The van der Waals surface area contributed by atoms with Gasteiger partial charge in [0.2, 0.25) is 0 Å². The predicted octanol–water partition coefficient (Wildman–Crippen LogP) is 19.6. The average Bonchev–Trinajstić information content (AvgIpc) is 3.62. The van der Waals surface area contributed by atoms with Crippen molar-refractivity contribution in [3.8, 4) is 33.4 Å². The zero-order valence-electron chi connectivity index (χ0n) is 41.3. The molecule has 0 heteroatoms. The van der Waals surface area contributed by atoms with Crippen LogP contribution in [0.2, 0.25) is 0 Å². The molecule has 0 nitrogen and oxygen atoms in total. The molecule has 9 rings (SSSR count). The standard InChI is InChI=1S/C32H26.C21H18.C9H10.C4H8.C2H6/c1-32(29-23-15-13-19-26(29)25-17-9-8-10-18-25)30-22-12-7-5-3-2-4-6-11-20-27(30)28-21-14-16-24-31(28)32;1-16(2)20-9-6-10-21(15-20)19-13-11-18(12-14-19)17-7-4-3-5-8-17;1-8(2)9-6-4-3-5-7-9;1-4(2)3;1-2/h2-24H,1H3;3-15H,1H2,2H3;3-7H,1H2,2H3;1H2,2-3H3;1-2H3/b3-2?,4-2-,5-3-,6-4?,7-5?,11-6+,12-7-,20-11?,22-12?,27-20+,30-22+;;;;. The Balaban J connectivity index is 0.000000204. The summed E-state index contributed by atoms with van der Waals surface area (Å²) >= 11 is 0. The minimum absolute atomic E-state index is 0.267. The van der Waals surface area contributed by atoms with Crippen LogP contribution in [0.5, 0.6) is 0 Å². The van der Waals surface area contributed by atoms with E-state index in [0.29, 0.717) is 0 Å². The van der Waals surface area contributed by atoms with Gasteiger partial charge < -0.3 is 0 Å². The fourth-order valence-corrected chi connectivity index (χ4v) is 8.09.